The third-order valence-electron chi connectivity index (χ3n) is 8.06. The van der Waals surface area contributed by atoms with E-state index < -0.39 is 0 Å². The number of nitro groups is 1. The second kappa shape index (κ2) is 11.7. The lowest BCUT2D eigenvalue weighted by Gasteiger charge is -2.25. The maximum atomic E-state index is 10.7. The lowest BCUT2D eigenvalue weighted by Crippen LogP contribution is -2.22. The van der Waals surface area contributed by atoms with E-state index in [0.717, 1.165) is 29.9 Å². The molecule has 0 spiro atoms. The van der Waals surface area contributed by atoms with Gasteiger partial charge in [0.2, 0.25) is 0 Å². The Labute approximate surface area is 240 Å². The highest BCUT2D eigenvalue weighted by molar-refractivity contribution is 6.12. The Balaban J connectivity index is 0.000000149. The van der Waals surface area contributed by atoms with Crippen LogP contribution in [0.15, 0.2) is 121 Å². The van der Waals surface area contributed by atoms with Crippen LogP contribution in [0.2, 0.25) is 0 Å². The van der Waals surface area contributed by atoms with Gasteiger partial charge in [-0.05, 0) is 94.8 Å². The third-order valence-corrected chi connectivity index (χ3v) is 8.06. The third kappa shape index (κ3) is 5.71. The molecule has 2 aliphatic rings. The highest BCUT2D eigenvalue weighted by Gasteiger charge is 2.14. The van der Waals surface area contributed by atoms with Crippen molar-refractivity contribution in [2.75, 3.05) is 17.2 Å². The molecule has 7 rings (SSSR count). The number of hydrogen-bond acceptors (Lipinski definition) is 4. The molecule has 41 heavy (non-hydrogen) atoms. The second-order valence-corrected chi connectivity index (χ2v) is 10.7. The van der Waals surface area contributed by atoms with E-state index in [-0.39, 0.29) is 10.6 Å². The lowest BCUT2D eigenvalue weighted by molar-refractivity contribution is -0.384. The van der Waals surface area contributed by atoms with Gasteiger partial charge in [0.1, 0.15) is 0 Å². The number of hydrogen-bond donors (Lipinski definition) is 1. The first-order valence-corrected chi connectivity index (χ1v) is 14.2. The number of benzene rings is 5. The van der Waals surface area contributed by atoms with Gasteiger partial charge in [0, 0.05) is 41.6 Å². The number of non-ortho nitro benzene ring substituents is 1. The van der Waals surface area contributed by atoms with Crippen molar-refractivity contribution in [3.05, 3.63) is 148 Å². The molecule has 1 aliphatic carbocycles. The predicted octanol–water partition coefficient (Wildman–Crippen LogP) is 8.55. The molecule has 0 aromatic heterocycles. The Morgan fingerprint density at radius 2 is 1.49 bits per heavy atom. The summed E-state index contributed by atoms with van der Waals surface area (Å²) in [6.07, 6.45) is 12.1. The van der Waals surface area contributed by atoms with E-state index in [9.17, 15) is 10.1 Å². The Bertz CT molecular complexity index is 1770. The van der Waals surface area contributed by atoms with E-state index in [4.69, 9.17) is 5.73 Å². The Morgan fingerprint density at radius 3 is 2.29 bits per heavy atom. The van der Waals surface area contributed by atoms with Crippen LogP contribution >= 0.6 is 0 Å². The zero-order valence-electron chi connectivity index (χ0n) is 23.0. The quantitative estimate of drug-likeness (QED) is 0.107. The monoisotopic (exact) mass is 539 g/mol. The molecule has 204 valence electrons. The fourth-order valence-corrected chi connectivity index (χ4v) is 5.97. The molecule has 0 radical (unpaired) electrons. The molecule has 0 saturated heterocycles. The van der Waals surface area contributed by atoms with E-state index in [1.165, 1.54) is 52.8 Å². The average molecular weight is 540 g/mol. The van der Waals surface area contributed by atoms with E-state index >= 15 is 0 Å². The number of para-hydroxylation sites is 1. The SMILES string of the molecule is Nc1cccc2c1ccc1c3c(ccc12)CCCC3.O=[N+]([O-])c1ccc(CC2=CC=CN(c3ccccc3)C2)cc1. The molecular formula is C36H33N3O2. The van der Waals surface area contributed by atoms with Crippen LogP contribution in [0.5, 0.6) is 0 Å². The molecule has 5 aromatic rings. The van der Waals surface area contributed by atoms with Gasteiger partial charge in [0.25, 0.3) is 5.69 Å². The minimum atomic E-state index is -0.371. The number of fused-ring (bicyclic) bond motifs is 5. The summed E-state index contributed by atoms with van der Waals surface area (Å²) in [6.45, 7) is 0.831. The lowest BCUT2D eigenvalue weighted by atomic mass is 9.86. The predicted molar refractivity (Wildman–Crippen MR) is 170 cm³/mol. The summed E-state index contributed by atoms with van der Waals surface area (Å²) >= 11 is 0. The zero-order chi connectivity index (χ0) is 28.2. The zero-order valence-corrected chi connectivity index (χ0v) is 23.0. The number of aryl methyl sites for hydroxylation is 2. The molecule has 0 saturated carbocycles. The smallest absolute Gasteiger partial charge is 0.269 e. The van der Waals surface area contributed by atoms with Crippen molar-refractivity contribution in [3.8, 4) is 0 Å². The fraction of sp³-hybridized carbons (Fsp3) is 0.167. The molecule has 5 nitrogen and oxygen atoms in total. The van der Waals surface area contributed by atoms with E-state index in [2.05, 4.69) is 65.7 Å². The minimum absolute atomic E-state index is 0.132. The number of allylic oxidation sites excluding steroid dienone is 2. The van der Waals surface area contributed by atoms with Crippen LogP contribution in [-0.2, 0) is 19.3 Å². The van der Waals surface area contributed by atoms with Gasteiger partial charge in [0.15, 0.2) is 0 Å². The van der Waals surface area contributed by atoms with Gasteiger partial charge in [0.05, 0.1) is 4.92 Å². The summed E-state index contributed by atoms with van der Waals surface area (Å²) in [6, 6.07) is 32.2. The van der Waals surface area contributed by atoms with Crippen molar-refractivity contribution >= 4 is 38.6 Å². The molecule has 0 fully saturated rings. The first-order chi connectivity index (χ1) is 20.1. The summed E-state index contributed by atoms with van der Waals surface area (Å²) < 4.78 is 0. The van der Waals surface area contributed by atoms with Crippen molar-refractivity contribution in [1.82, 2.24) is 0 Å². The maximum Gasteiger partial charge on any atom is 0.269 e. The first kappa shape index (κ1) is 26.3. The number of nitrogens with zero attached hydrogens (tertiary/aromatic N) is 2. The topological polar surface area (TPSA) is 72.4 Å². The number of nitrogen functional groups attached to an aromatic ring is 1. The summed E-state index contributed by atoms with van der Waals surface area (Å²) in [5.74, 6) is 0. The van der Waals surface area contributed by atoms with Gasteiger partial charge >= 0.3 is 0 Å². The number of nitro benzene ring substituents is 1. The van der Waals surface area contributed by atoms with Crippen LogP contribution in [-0.4, -0.2) is 11.5 Å². The molecule has 5 aromatic carbocycles. The molecule has 0 unspecified atom stereocenters. The van der Waals surface area contributed by atoms with Gasteiger partial charge < -0.3 is 10.6 Å². The number of rotatable bonds is 4. The summed E-state index contributed by atoms with van der Waals surface area (Å²) in [4.78, 5) is 12.5. The number of anilines is 2. The average Bonchev–Trinajstić information content (AvgIpc) is 3.02. The summed E-state index contributed by atoms with van der Waals surface area (Å²) in [7, 11) is 0. The van der Waals surface area contributed by atoms with Crippen molar-refractivity contribution < 1.29 is 4.92 Å². The second-order valence-electron chi connectivity index (χ2n) is 10.7. The Kier molecular flexibility index (Phi) is 7.50. The van der Waals surface area contributed by atoms with Gasteiger partial charge in [-0.1, -0.05) is 72.8 Å². The molecular weight excluding hydrogens is 506 g/mol. The molecule has 0 amide bonds. The van der Waals surface area contributed by atoms with Crippen molar-refractivity contribution in [2.24, 2.45) is 0 Å². The molecule has 0 atom stereocenters. The molecule has 1 aliphatic heterocycles. The van der Waals surface area contributed by atoms with Crippen LogP contribution in [0.3, 0.4) is 0 Å². The standard InChI is InChI=1S/C18H16N2O2.C18H17N/c21-20(22)18-10-8-15(9-11-18)13-16-5-4-12-19(14-16)17-6-2-1-3-7-17;19-18-7-3-6-14-16-9-8-12-4-1-2-5-13(12)15(16)10-11-17(14)18/h1-12H,13-14H2;3,6-11H,1-2,4-5,19H2. The van der Waals surface area contributed by atoms with E-state index in [1.54, 1.807) is 23.3 Å². The first-order valence-electron chi connectivity index (χ1n) is 14.2. The molecule has 5 heteroatoms. The minimum Gasteiger partial charge on any atom is -0.398 e. The van der Waals surface area contributed by atoms with Gasteiger partial charge in [-0.25, -0.2) is 0 Å². The van der Waals surface area contributed by atoms with Crippen molar-refractivity contribution in [1.29, 1.82) is 0 Å². The van der Waals surface area contributed by atoms with E-state index in [1.807, 2.05) is 42.5 Å². The molecule has 0 bridgehead atoms. The highest BCUT2D eigenvalue weighted by atomic mass is 16.6. The highest BCUT2D eigenvalue weighted by Crippen LogP contribution is 2.34. The fourth-order valence-electron chi connectivity index (χ4n) is 5.97. The summed E-state index contributed by atoms with van der Waals surface area (Å²) in [5, 5.41) is 15.9. The van der Waals surface area contributed by atoms with E-state index in [0.29, 0.717) is 0 Å². The van der Waals surface area contributed by atoms with Crippen LogP contribution in [0.4, 0.5) is 17.1 Å². The van der Waals surface area contributed by atoms with Gasteiger partial charge in [-0.3, -0.25) is 10.1 Å². The van der Waals surface area contributed by atoms with Gasteiger partial charge in [-0.2, -0.15) is 0 Å². The number of nitrogens with two attached hydrogens (primary N) is 1. The van der Waals surface area contributed by atoms with Crippen LogP contribution < -0.4 is 10.6 Å². The van der Waals surface area contributed by atoms with Gasteiger partial charge in [-0.15, -0.1) is 0 Å². The van der Waals surface area contributed by atoms with Crippen LogP contribution in [0.1, 0.15) is 29.5 Å². The van der Waals surface area contributed by atoms with Crippen molar-refractivity contribution in [2.45, 2.75) is 32.1 Å². The normalized spacial score (nSPS) is 14.2. The molecule has 2 N–H and O–H groups in total. The van der Waals surface area contributed by atoms with Crippen LogP contribution in [0.25, 0.3) is 21.5 Å². The van der Waals surface area contributed by atoms with Crippen molar-refractivity contribution in [3.63, 3.8) is 0 Å². The molecule has 1 heterocycles. The van der Waals surface area contributed by atoms with Crippen LogP contribution in [0, 0.1) is 10.1 Å². The maximum absolute atomic E-state index is 10.7. The Morgan fingerprint density at radius 1 is 0.756 bits per heavy atom. The summed E-state index contributed by atoms with van der Waals surface area (Å²) in [5.41, 5.74) is 13.7. The Hall–Kier alpha value is -4.90. The largest absolute Gasteiger partial charge is 0.398 e.